The summed E-state index contributed by atoms with van der Waals surface area (Å²) >= 11 is 0. The summed E-state index contributed by atoms with van der Waals surface area (Å²) in [6.45, 7) is 12.4. The molecule has 0 radical (unpaired) electrons. The topological polar surface area (TPSA) is 52.1 Å². The molecule has 1 aliphatic heterocycles. The van der Waals surface area contributed by atoms with Crippen LogP contribution in [0.25, 0.3) is 0 Å². The van der Waals surface area contributed by atoms with Gasteiger partial charge in [-0.1, -0.05) is 0 Å². The van der Waals surface area contributed by atoms with Gasteiger partial charge in [-0.3, -0.25) is 9.89 Å². The van der Waals surface area contributed by atoms with Crippen LogP contribution in [0, 0.1) is 0 Å². The van der Waals surface area contributed by atoms with Crippen molar-refractivity contribution < 1.29 is 4.74 Å². The fourth-order valence-electron chi connectivity index (χ4n) is 3.02. The average molecular weight is 475 g/mol. The monoisotopic (exact) mass is 475 g/mol. The van der Waals surface area contributed by atoms with Gasteiger partial charge < -0.3 is 20.3 Å². The molecule has 2 rings (SSSR count). The second-order valence-corrected chi connectivity index (χ2v) is 6.17. The second-order valence-electron chi connectivity index (χ2n) is 6.17. The Kier molecular flexibility index (Phi) is 11.4. The fourth-order valence-corrected chi connectivity index (χ4v) is 3.02. The van der Waals surface area contributed by atoms with E-state index in [4.69, 9.17) is 4.74 Å². The molecule has 7 heteroatoms. The normalized spacial score (nSPS) is 14.3. The van der Waals surface area contributed by atoms with Gasteiger partial charge in [-0.15, -0.1) is 24.0 Å². The van der Waals surface area contributed by atoms with Crippen LogP contribution in [0.3, 0.4) is 0 Å². The van der Waals surface area contributed by atoms with E-state index in [2.05, 4.69) is 51.4 Å². The molecule has 0 amide bonds. The zero-order valence-corrected chi connectivity index (χ0v) is 18.7. The van der Waals surface area contributed by atoms with E-state index in [1.165, 1.54) is 5.69 Å². The minimum Gasteiger partial charge on any atom is -0.497 e. The number of guanidine groups is 1. The van der Waals surface area contributed by atoms with Gasteiger partial charge in [-0.05, 0) is 44.5 Å². The summed E-state index contributed by atoms with van der Waals surface area (Å²) in [6, 6.07) is 8.36. The van der Waals surface area contributed by atoms with Crippen molar-refractivity contribution in [3.8, 4) is 5.75 Å². The number of halogens is 1. The van der Waals surface area contributed by atoms with Crippen molar-refractivity contribution in [1.82, 2.24) is 15.5 Å². The molecule has 148 valence electrons. The summed E-state index contributed by atoms with van der Waals surface area (Å²) in [7, 11) is 1.71. The van der Waals surface area contributed by atoms with Crippen molar-refractivity contribution >= 4 is 35.6 Å². The lowest BCUT2D eigenvalue weighted by atomic mass is 10.2. The van der Waals surface area contributed by atoms with E-state index in [1.54, 1.807) is 7.11 Å². The Morgan fingerprint density at radius 2 is 1.65 bits per heavy atom. The van der Waals surface area contributed by atoms with Crippen LogP contribution in [0.1, 0.15) is 20.3 Å². The van der Waals surface area contributed by atoms with Crippen molar-refractivity contribution in [3.63, 3.8) is 0 Å². The van der Waals surface area contributed by atoms with E-state index in [1.807, 2.05) is 12.1 Å². The third-order valence-electron chi connectivity index (χ3n) is 4.40. The van der Waals surface area contributed by atoms with Gasteiger partial charge in [0.1, 0.15) is 5.75 Å². The summed E-state index contributed by atoms with van der Waals surface area (Å²) in [6.07, 6.45) is 1.10. The average Bonchev–Trinajstić information content (AvgIpc) is 2.66. The maximum absolute atomic E-state index is 5.23. The molecule has 0 spiro atoms. The lowest BCUT2D eigenvalue weighted by molar-refractivity contribution is 0.256. The van der Waals surface area contributed by atoms with Crippen molar-refractivity contribution in [1.29, 1.82) is 0 Å². The maximum Gasteiger partial charge on any atom is 0.191 e. The minimum absolute atomic E-state index is 0. The third kappa shape index (κ3) is 7.57. The molecule has 0 aromatic heterocycles. The van der Waals surface area contributed by atoms with E-state index >= 15 is 0 Å². The highest BCUT2D eigenvalue weighted by Crippen LogP contribution is 2.20. The molecule has 1 aromatic rings. The standard InChI is InChI=1S/C19H33N5O.HI/c1-4-20-19(21-5-2)22-11-6-12-23-13-15-24(16-14-23)17-7-9-18(25-3)10-8-17;/h7-10H,4-6,11-16H2,1-3H3,(H2,20,21,22);1H. The quantitative estimate of drug-likeness (QED) is 0.262. The lowest BCUT2D eigenvalue weighted by Crippen LogP contribution is -2.46. The lowest BCUT2D eigenvalue weighted by Gasteiger charge is -2.36. The smallest absolute Gasteiger partial charge is 0.191 e. The maximum atomic E-state index is 5.23. The summed E-state index contributed by atoms with van der Waals surface area (Å²) in [5.41, 5.74) is 1.28. The SMILES string of the molecule is CCNC(=NCCCN1CCN(c2ccc(OC)cc2)CC1)NCC.I. The number of hydrogen-bond acceptors (Lipinski definition) is 4. The van der Waals surface area contributed by atoms with E-state index in [0.29, 0.717) is 0 Å². The molecule has 1 aliphatic rings. The highest BCUT2D eigenvalue weighted by molar-refractivity contribution is 14.0. The predicted molar refractivity (Wildman–Crippen MR) is 121 cm³/mol. The number of benzene rings is 1. The van der Waals surface area contributed by atoms with Crippen molar-refractivity contribution in [2.75, 3.05) is 64.4 Å². The molecule has 0 saturated carbocycles. The van der Waals surface area contributed by atoms with Crippen molar-refractivity contribution in [3.05, 3.63) is 24.3 Å². The summed E-state index contributed by atoms with van der Waals surface area (Å²) in [5, 5.41) is 6.53. The Hall–Kier alpha value is -1.22. The van der Waals surface area contributed by atoms with Crippen molar-refractivity contribution in [2.45, 2.75) is 20.3 Å². The molecule has 2 N–H and O–H groups in total. The van der Waals surface area contributed by atoms with E-state index < -0.39 is 0 Å². The van der Waals surface area contributed by atoms with Gasteiger partial charge in [-0.25, -0.2) is 0 Å². The molecule has 1 saturated heterocycles. The highest BCUT2D eigenvalue weighted by Gasteiger charge is 2.16. The Balaban J connectivity index is 0.00000338. The summed E-state index contributed by atoms with van der Waals surface area (Å²) < 4.78 is 5.23. The number of ether oxygens (including phenoxy) is 1. The van der Waals surface area contributed by atoms with Gasteiger partial charge in [0, 0.05) is 58.0 Å². The number of nitrogens with zero attached hydrogens (tertiary/aromatic N) is 3. The first kappa shape index (κ1) is 22.8. The van der Waals surface area contributed by atoms with Gasteiger partial charge in [0.15, 0.2) is 5.96 Å². The Morgan fingerprint density at radius 3 is 2.19 bits per heavy atom. The van der Waals surface area contributed by atoms with Crippen LogP contribution in [-0.4, -0.2) is 70.3 Å². The highest BCUT2D eigenvalue weighted by atomic mass is 127. The van der Waals surface area contributed by atoms with Crippen LogP contribution in [0.5, 0.6) is 5.75 Å². The number of rotatable bonds is 8. The van der Waals surface area contributed by atoms with Gasteiger partial charge in [0.05, 0.1) is 7.11 Å². The third-order valence-corrected chi connectivity index (χ3v) is 4.40. The zero-order valence-electron chi connectivity index (χ0n) is 16.3. The fraction of sp³-hybridized carbons (Fsp3) is 0.632. The molecule has 6 nitrogen and oxygen atoms in total. The number of methoxy groups -OCH3 is 1. The largest absolute Gasteiger partial charge is 0.497 e. The van der Waals surface area contributed by atoms with Gasteiger partial charge in [0.25, 0.3) is 0 Å². The van der Waals surface area contributed by atoms with Crippen LogP contribution < -0.4 is 20.3 Å². The molecule has 0 unspecified atom stereocenters. The Labute approximate surface area is 175 Å². The van der Waals surface area contributed by atoms with Gasteiger partial charge in [0.2, 0.25) is 0 Å². The molecule has 0 atom stereocenters. The first-order chi connectivity index (χ1) is 12.3. The second kappa shape index (κ2) is 13.0. The molecule has 1 heterocycles. The van der Waals surface area contributed by atoms with Crippen LogP contribution in [0.4, 0.5) is 5.69 Å². The number of anilines is 1. The van der Waals surface area contributed by atoms with Crippen LogP contribution >= 0.6 is 24.0 Å². The number of piperazine rings is 1. The molecular formula is C19H34IN5O. The number of hydrogen-bond donors (Lipinski definition) is 2. The van der Waals surface area contributed by atoms with E-state index in [9.17, 15) is 0 Å². The Morgan fingerprint density at radius 1 is 1.04 bits per heavy atom. The molecule has 1 fully saturated rings. The number of nitrogens with one attached hydrogen (secondary N) is 2. The van der Waals surface area contributed by atoms with E-state index in [0.717, 1.165) is 70.5 Å². The molecule has 26 heavy (non-hydrogen) atoms. The number of aliphatic imine (C=N–C) groups is 1. The first-order valence-electron chi connectivity index (χ1n) is 9.40. The van der Waals surface area contributed by atoms with Gasteiger partial charge >= 0.3 is 0 Å². The minimum atomic E-state index is 0. The van der Waals surface area contributed by atoms with Crippen LogP contribution in [0.15, 0.2) is 29.3 Å². The first-order valence-corrected chi connectivity index (χ1v) is 9.40. The Bertz CT molecular complexity index is 507. The van der Waals surface area contributed by atoms with Gasteiger partial charge in [-0.2, -0.15) is 0 Å². The van der Waals surface area contributed by atoms with E-state index in [-0.39, 0.29) is 24.0 Å². The van der Waals surface area contributed by atoms with Crippen molar-refractivity contribution in [2.24, 2.45) is 4.99 Å². The molecular weight excluding hydrogens is 441 g/mol. The summed E-state index contributed by atoms with van der Waals surface area (Å²) in [4.78, 5) is 9.60. The predicted octanol–water partition coefficient (Wildman–Crippen LogP) is 2.40. The zero-order chi connectivity index (χ0) is 17.9. The molecule has 0 bridgehead atoms. The molecule has 1 aromatic carbocycles. The summed E-state index contributed by atoms with van der Waals surface area (Å²) in [5.74, 6) is 1.84. The molecule has 0 aliphatic carbocycles. The van der Waals surface area contributed by atoms with Crippen LogP contribution in [0.2, 0.25) is 0 Å². The van der Waals surface area contributed by atoms with Crippen LogP contribution in [-0.2, 0) is 0 Å².